The summed E-state index contributed by atoms with van der Waals surface area (Å²) in [6.45, 7) is 1.95. The topological polar surface area (TPSA) is 98.5 Å². The fourth-order valence-corrected chi connectivity index (χ4v) is 3.84. The van der Waals surface area contributed by atoms with Gasteiger partial charge < -0.3 is 10.1 Å². The quantitative estimate of drug-likeness (QED) is 0.335. The summed E-state index contributed by atoms with van der Waals surface area (Å²) in [4.78, 5) is 35.7. The van der Waals surface area contributed by atoms with Gasteiger partial charge in [-0.15, -0.1) is 11.3 Å². The molecule has 0 bridgehead atoms. The largest absolute Gasteiger partial charge is 0.465 e. The first-order valence-electron chi connectivity index (χ1n) is 8.34. The van der Waals surface area contributed by atoms with Gasteiger partial charge >= 0.3 is 5.97 Å². The zero-order chi connectivity index (χ0) is 21.1. The van der Waals surface area contributed by atoms with Crippen LogP contribution < -0.4 is 5.32 Å². The number of carbonyl (C=O) groups is 2. The summed E-state index contributed by atoms with van der Waals surface area (Å²) >= 11 is 7.02. The number of anilines is 1. The molecule has 0 fully saturated rings. The molecule has 9 heteroatoms. The van der Waals surface area contributed by atoms with Gasteiger partial charge in [0.15, 0.2) is 0 Å². The van der Waals surface area contributed by atoms with Crippen molar-refractivity contribution in [3.05, 3.63) is 79.7 Å². The molecule has 0 aliphatic rings. The van der Waals surface area contributed by atoms with Crippen molar-refractivity contribution in [3.63, 3.8) is 0 Å². The first-order valence-corrected chi connectivity index (χ1v) is 9.59. The summed E-state index contributed by atoms with van der Waals surface area (Å²) in [6.07, 6.45) is 0. The van der Waals surface area contributed by atoms with Crippen molar-refractivity contribution < 1.29 is 19.2 Å². The van der Waals surface area contributed by atoms with Crippen molar-refractivity contribution in [3.8, 4) is 11.1 Å². The number of ether oxygens (including phenoxy) is 1. The molecule has 148 valence electrons. The summed E-state index contributed by atoms with van der Waals surface area (Å²) in [5.41, 5.74) is 2.02. The van der Waals surface area contributed by atoms with Crippen LogP contribution in [-0.2, 0) is 4.74 Å². The predicted octanol–water partition coefficient (Wildman–Crippen LogP) is 5.32. The second kappa shape index (κ2) is 8.42. The number of carbonyl (C=O) groups excluding carboxylic acids is 2. The number of nitrogens with zero attached hydrogens (tertiary/aromatic N) is 1. The van der Waals surface area contributed by atoms with E-state index in [4.69, 9.17) is 16.3 Å². The molecule has 1 aromatic heterocycles. The Morgan fingerprint density at radius 3 is 2.48 bits per heavy atom. The monoisotopic (exact) mass is 430 g/mol. The van der Waals surface area contributed by atoms with E-state index in [0.717, 1.165) is 28.5 Å². The Labute approximate surface area is 175 Å². The molecule has 0 spiro atoms. The molecule has 0 saturated carbocycles. The number of thiophene rings is 1. The van der Waals surface area contributed by atoms with Gasteiger partial charge in [0, 0.05) is 22.0 Å². The third kappa shape index (κ3) is 4.28. The average molecular weight is 431 g/mol. The molecular weight excluding hydrogens is 416 g/mol. The molecule has 1 amide bonds. The van der Waals surface area contributed by atoms with Crippen molar-refractivity contribution >= 4 is 45.5 Å². The number of amides is 1. The van der Waals surface area contributed by atoms with Crippen LogP contribution in [0.25, 0.3) is 11.1 Å². The minimum atomic E-state index is -0.748. The fourth-order valence-electron chi connectivity index (χ4n) is 2.72. The lowest BCUT2D eigenvalue weighted by Crippen LogP contribution is -2.15. The Hall–Kier alpha value is -3.23. The highest BCUT2D eigenvalue weighted by Crippen LogP contribution is 2.37. The van der Waals surface area contributed by atoms with Gasteiger partial charge in [0.2, 0.25) is 0 Å². The summed E-state index contributed by atoms with van der Waals surface area (Å²) in [6, 6.07) is 11.2. The van der Waals surface area contributed by atoms with Crippen molar-refractivity contribution in [1.82, 2.24) is 0 Å². The first-order chi connectivity index (χ1) is 13.8. The highest BCUT2D eigenvalue weighted by molar-refractivity contribution is 7.15. The Morgan fingerprint density at radius 1 is 1.17 bits per heavy atom. The molecule has 1 N–H and O–H groups in total. The molecule has 3 rings (SSSR count). The lowest BCUT2D eigenvalue weighted by molar-refractivity contribution is -0.385. The number of rotatable bonds is 5. The minimum absolute atomic E-state index is 0.180. The van der Waals surface area contributed by atoms with Gasteiger partial charge in [-0.2, -0.15) is 0 Å². The minimum Gasteiger partial charge on any atom is -0.465 e. The molecule has 0 radical (unpaired) electrons. The molecule has 1 heterocycles. The lowest BCUT2D eigenvalue weighted by atomic mass is 10.0. The van der Waals surface area contributed by atoms with Crippen LogP contribution in [-0.4, -0.2) is 23.9 Å². The van der Waals surface area contributed by atoms with E-state index in [0.29, 0.717) is 5.56 Å². The number of hydrogen-bond acceptors (Lipinski definition) is 6. The molecule has 29 heavy (non-hydrogen) atoms. The number of halogens is 1. The zero-order valence-electron chi connectivity index (χ0n) is 15.4. The van der Waals surface area contributed by atoms with E-state index in [1.54, 1.807) is 5.38 Å². The van der Waals surface area contributed by atoms with E-state index < -0.39 is 16.8 Å². The molecular formula is C20H15ClN2O5S. The molecule has 2 aromatic carbocycles. The maximum absolute atomic E-state index is 12.7. The van der Waals surface area contributed by atoms with E-state index in [-0.39, 0.29) is 26.8 Å². The van der Waals surface area contributed by atoms with Crippen molar-refractivity contribution in [2.75, 3.05) is 12.4 Å². The van der Waals surface area contributed by atoms with Crippen LogP contribution in [0.1, 0.15) is 26.3 Å². The predicted molar refractivity (Wildman–Crippen MR) is 112 cm³/mol. The maximum atomic E-state index is 12.7. The Kier molecular flexibility index (Phi) is 5.95. The van der Waals surface area contributed by atoms with Crippen LogP contribution in [0.3, 0.4) is 0 Å². The van der Waals surface area contributed by atoms with Crippen molar-refractivity contribution in [2.24, 2.45) is 0 Å². The lowest BCUT2D eigenvalue weighted by Gasteiger charge is -2.08. The van der Waals surface area contributed by atoms with Gasteiger partial charge in [-0.3, -0.25) is 14.9 Å². The molecule has 0 aliphatic heterocycles. The Bertz CT molecular complexity index is 1110. The number of aryl methyl sites for hydroxylation is 1. The first kappa shape index (κ1) is 20.5. The van der Waals surface area contributed by atoms with Gasteiger partial charge in [-0.25, -0.2) is 4.79 Å². The van der Waals surface area contributed by atoms with E-state index in [2.05, 4.69) is 5.32 Å². The van der Waals surface area contributed by atoms with Crippen LogP contribution in [0.15, 0.2) is 47.8 Å². The number of methoxy groups -OCH3 is 1. The van der Waals surface area contributed by atoms with Crippen LogP contribution >= 0.6 is 22.9 Å². The number of nitro groups is 1. The molecule has 0 saturated heterocycles. The maximum Gasteiger partial charge on any atom is 0.341 e. The molecule has 0 atom stereocenters. The van der Waals surface area contributed by atoms with E-state index in [1.807, 2.05) is 31.2 Å². The zero-order valence-corrected chi connectivity index (χ0v) is 17.0. The van der Waals surface area contributed by atoms with Crippen LogP contribution in [0.5, 0.6) is 0 Å². The summed E-state index contributed by atoms with van der Waals surface area (Å²) in [5.74, 6) is -1.38. The highest BCUT2D eigenvalue weighted by Gasteiger charge is 2.26. The number of benzene rings is 2. The smallest absolute Gasteiger partial charge is 0.341 e. The number of nitrogens with one attached hydrogen (secondary N) is 1. The van der Waals surface area contributed by atoms with Gasteiger partial charge in [0.25, 0.3) is 11.6 Å². The normalized spacial score (nSPS) is 10.4. The second-order valence-electron chi connectivity index (χ2n) is 6.08. The van der Waals surface area contributed by atoms with Gasteiger partial charge in [0.05, 0.1) is 12.0 Å². The summed E-state index contributed by atoms with van der Waals surface area (Å²) in [7, 11) is 1.24. The molecule has 0 aliphatic carbocycles. The Balaban J connectivity index is 2.03. The third-order valence-electron chi connectivity index (χ3n) is 4.17. The average Bonchev–Trinajstić information content (AvgIpc) is 3.11. The Morgan fingerprint density at radius 2 is 1.86 bits per heavy atom. The number of esters is 1. The highest BCUT2D eigenvalue weighted by atomic mass is 35.5. The van der Waals surface area contributed by atoms with E-state index in [1.165, 1.54) is 19.2 Å². The van der Waals surface area contributed by atoms with Crippen LogP contribution in [0, 0.1) is 17.0 Å². The van der Waals surface area contributed by atoms with Crippen LogP contribution in [0.2, 0.25) is 5.02 Å². The third-order valence-corrected chi connectivity index (χ3v) is 5.30. The SMILES string of the molecule is COC(=O)c1c(-c2ccc(C)cc2)csc1NC(=O)c1cc(Cl)ccc1[N+](=O)[O-]. The standard InChI is InChI=1S/C20H15ClN2O5S/c1-11-3-5-12(6-4-11)15-10-29-19(17(15)20(25)28-2)22-18(24)14-9-13(21)7-8-16(14)23(26)27/h3-10H,1-2H3,(H,22,24). The molecule has 3 aromatic rings. The van der Waals surface area contributed by atoms with Gasteiger partial charge in [-0.05, 0) is 24.6 Å². The molecule has 7 nitrogen and oxygen atoms in total. The van der Waals surface area contributed by atoms with Gasteiger partial charge in [0.1, 0.15) is 16.1 Å². The fraction of sp³-hybridized carbons (Fsp3) is 0.100. The number of hydrogen-bond donors (Lipinski definition) is 1. The van der Waals surface area contributed by atoms with E-state index in [9.17, 15) is 19.7 Å². The summed E-state index contributed by atoms with van der Waals surface area (Å²) in [5, 5.41) is 16.0. The summed E-state index contributed by atoms with van der Waals surface area (Å²) < 4.78 is 4.88. The molecule has 0 unspecified atom stereocenters. The van der Waals surface area contributed by atoms with Gasteiger partial charge in [-0.1, -0.05) is 41.4 Å². The van der Waals surface area contributed by atoms with Crippen molar-refractivity contribution in [1.29, 1.82) is 0 Å². The second-order valence-corrected chi connectivity index (χ2v) is 7.40. The van der Waals surface area contributed by atoms with E-state index >= 15 is 0 Å². The number of nitro benzene ring substituents is 1. The van der Waals surface area contributed by atoms with Crippen LogP contribution in [0.4, 0.5) is 10.7 Å². The van der Waals surface area contributed by atoms with Crippen molar-refractivity contribution in [2.45, 2.75) is 6.92 Å².